The number of alkyl carbamates (subject to hydrolysis) is 1. The Bertz CT molecular complexity index is 365. The summed E-state index contributed by atoms with van der Waals surface area (Å²) in [4.78, 5) is 34.4. The van der Waals surface area contributed by atoms with Gasteiger partial charge in [0.2, 0.25) is 0 Å². The Balaban J connectivity index is 4.27. The molecule has 8 nitrogen and oxygen atoms in total. The highest BCUT2D eigenvalue weighted by atomic mass is 16.6. The minimum Gasteiger partial charge on any atom is -0.464 e. The van der Waals surface area contributed by atoms with E-state index in [0.717, 1.165) is 5.01 Å². The summed E-state index contributed by atoms with van der Waals surface area (Å²) < 4.78 is 9.70. The Kier molecular flexibility index (Phi) is 6.98. The highest BCUT2D eigenvalue weighted by Crippen LogP contribution is 2.06. The molecule has 0 heterocycles. The van der Waals surface area contributed by atoms with Gasteiger partial charge in [0.05, 0.1) is 6.61 Å². The summed E-state index contributed by atoms with van der Waals surface area (Å²) in [5.41, 5.74) is -0.659. The normalized spacial score (nSPS) is 12.3. The van der Waals surface area contributed by atoms with Crippen LogP contribution in [0.25, 0.3) is 0 Å². The fourth-order valence-corrected chi connectivity index (χ4v) is 1.15. The molecule has 0 aromatic carbocycles. The summed E-state index contributed by atoms with van der Waals surface area (Å²) in [5, 5.41) is 2.98. The predicted octanol–water partition coefficient (Wildman–Crippen LogP) is 0.165. The van der Waals surface area contributed by atoms with Crippen LogP contribution in [0, 0.1) is 0 Å². The number of amides is 2. The molecule has 2 amide bonds. The van der Waals surface area contributed by atoms with Crippen LogP contribution in [-0.4, -0.2) is 47.8 Å². The van der Waals surface area contributed by atoms with Crippen LogP contribution in [0.2, 0.25) is 0 Å². The van der Waals surface area contributed by atoms with Crippen molar-refractivity contribution in [3.05, 3.63) is 0 Å². The molecule has 0 radical (unpaired) electrons. The number of carbonyl (C=O) groups is 3. The van der Waals surface area contributed by atoms with Gasteiger partial charge in [-0.05, 0) is 34.6 Å². The number of hydrogen-bond acceptors (Lipinski definition) is 6. The maximum atomic E-state index is 11.7. The third kappa shape index (κ3) is 6.93. The zero-order valence-electron chi connectivity index (χ0n) is 12.6. The largest absolute Gasteiger partial charge is 0.464 e. The summed E-state index contributed by atoms with van der Waals surface area (Å²) in [6.07, 6.45) is -0.733. The zero-order valence-corrected chi connectivity index (χ0v) is 12.6. The molecule has 20 heavy (non-hydrogen) atoms. The van der Waals surface area contributed by atoms with E-state index in [-0.39, 0.29) is 13.2 Å². The third-order valence-corrected chi connectivity index (χ3v) is 2.12. The van der Waals surface area contributed by atoms with Crippen molar-refractivity contribution >= 4 is 18.0 Å². The van der Waals surface area contributed by atoms with Crippen molar-refractivity contribution in [1.29, 1.82) is 0 Å². The van der Waals surface area contributed by atoms with Crippen LogP contribution in [-0.2, 0) is 19.1 Å². The van der Waals surface area contributed by atoms with Crippen molar-refractivity contribution in [2.45, 2.75) is 46.3 Å². The molecule has 3 N–H and O–H groups in total. The Labute approximate surface area is 118 Å². The molecule has 0 spiro atoms. The van der Waals surface area contributed by atoms with Gasteiger partial charge < -0.3 is 14.8 Å². The van der Waals surface area contributed by atoms with E-state index in [4.69, 9.17) is 15.3 Å². The fourth-order valence-electron chi connectivity index (χ4n) is 1.15. The van der Waals surface area contributed by atoms with Crippen molar-refractivity contribution in [2.24, 2.45) is 5.84 Å². The van der Waals surface area contributed by atoms with Gasteiger partial charge in [0, 0.05) is 0 Å². The van der Waals surface area contributed by atoms with Crippen LogP contribution in [0.4, 0.5) is 4.79 Å². The zero-order chi connectivity index (χ0) is 15.9. The fraction of sp³-hybridized carbons (Fsp3) is 0.750. The molecule has 0 aromatic rings. The van der Waals surface area contributed by atoms with Crippen molar-refractivity contribution in [1.82, 2.24) is 10.3 Å². The summed E-state index contributed by atoms with van der Waals surface area (Å²) >= 11 is 0. The van der Waals surface area contributed by atoms with E-state index in [1.54, 1.807) is 27.7 Å². The molecule has 0 saturated carbocycles. The van der Waals surface area contributed by atoms with E-state index in [1.807, 2.05) is 0 Å². The Morgan fingerprint density at radius 3 is 2.30 bits per heavy atom. The first kappa shape index (κ1) is 18.2. The van der Waals surface area contributed by atoms with Gasteiger partial charge in [0.1, 0.15) is 18.2 Å². The van der Waals surface area contributed by atoms with Gasteiger partial charge in [-0.25, -0.2) is 15.4 Å². The van der Waals surface area contributed by atoms with Crippen LogP contribution in [0.3, 0.4) is 0 Å². The summed E-state index contributed by atoms with van der Waals surface area (Å²) in [7, 11) is 0. The molecule has 0 rings (SSSR count). The minimum atomic E-state index is -0.928. The molecule has 8 heteroatoms. The molecule has 0 fully saturated rings. The number of carbonyl (C=O) groups excluding carboxylic acids is 3. The molecule has 0 bridgehead atoms. The average Bonchev–Trinajstić information content (AvgIpc) is 2.32. The second-order valence-corrected chi connectivity index (χ2v) is 5.08. The lowest BCUT2D eigenvalue weighted by Crippen LogP contribution is -2.52. The van der Waals surface area contributed by atoms with Crippen LogP contribution in [0.5, 0.6) is 0 Å². The third-order valence-electron chi connectivity index (χ3n) is 2.12. The maximum Gasteiger partial charge on any atom is 0.408 e. The lowest BCUT2D eigenvalue weighted by Gasteiger charge is -2.23. The van der Waals surface area contributed by atoms with Crippen molar-refractivity contribution in [3.8, 4) is 0 Å². The number of nitrogens with two attached hydrogens (primary N) is 1. The lowest BCUT2D eigenvalue weighted by molar-refractivity contribution is -0.154. The van der Waals surface area contributed by atoms with Crippen LogP contribution in [0.1, 0.15) is 34.6 Å². The molecular formula is C12H23N3O5. The van der Waals surface area contributed by atoms with Gasteiger partial charge in [0.25, 0.3) is 5.91 Å². The van der Waals surface area contributed by atoms with Crippen LogP contribution in [0.15, 0.2) is 0 Å². The molecule has 0 saturated heterocycles. The van der Waals surface area contributed by atoms with Gasteiger partial charge in [0.15, 0.2) is 0 Å². The molecule has 0 aliphatic heterocycles. The second-order valence-electron chi connectivity index (χ2n) is 5.08. The van der Waals surface area contributed by atoms with E-state index >= 15 is 0 Å². The van der Waals surface area contributed by atoms with Gasteiger partial charge in [-0.15, -0.1) is 0 Å². The Morgan fingerprint density at radius 1 is 1.30 bits per heavy atom. The van der Waals surface area contributed by atoms with Crippen LogP contribution < -0.4 is 11.2 Å². The quantitative estimate of drug-likeness (QED) is 0.323. The van der Waals surface area contributed by atoms with Gasteiger partial charge in [-0.3, -0.25) is 9.80 Å². The van der Waals surface area contributed by atoms with E-state index in [1.165, 1.54) is 6.92 Å². The number of esters is 1. The van der Waals surface area contributed by atoms with E-state index < -0.39 is 29.6 Å². The topological polar surface area (TPSA) is 111 Å². The number of hydrogen-bond donors (Lipinski definition) is 2. The number of rotatable bonds is 5. The first-order valence-corrected chi connectivity index (χ1v) is 6.28. The first-order chi connectivity index (χ1) is 9.08. The molecule has 0 aromatic heterocycles. The number of nitrogens with one attached hydrogen (secondary N) is 1. The second kappa shape index (κ2) is 7.68. The predicted molar refractivity (Wildman–Crippen MR) is 71.4 cm³/mol. The van der Waals surface area contributed by atoms with Gasteiger partial charge in [-0.1, -0.05) is 0 Å². The summed E-state index contributed by atoms with van der Waals surface area (Å²) in [6.45, 7) is 8.02. The standard InChI is InChI=1S/C12H23N3O5/c1-6-19-10(17)8(2)15(13)9(16)7-14-11(18)20-12(3,4)5/h8H,6-7,13H2,1-5H3,(H,14,18)/t8-/m0/s1. The van der Waals surface area contributed by atoms with E-state index in [0.29, 0.717) is 0 Å². The van der Waals surface area contributed by atoms with Gasteiger partial charge >= 0.3 is 12.1 Å². The maximum absolute atomic E-state index is 11.7. The molecule has 116 valence electrons. The number of nitrogens with zero attached hydrogens (tertiary/aromatic N) is 1. The highest BCUT2D eigenvalue weighted by Gasteiger charge is 2.25. The monoisotopic (exact) mass is 289 g/mol. The molecular weight excluding hydrogens is 266 g/mol. The smallest absolute Gasteiger partial charge is 0.408 e. The van der Waals surface area contributed by atoms with E-state index in [9.17, 15) is 14.4 Å². The first-order valence-electron chi connectivity index (χ1n) is 6.28. The number of hydrazine groups is 1. The average molecular weight is 289 g/mol. The Morgan fingerprint density at radius 2 is 1.85 bits per heavy atom. The summed E-state index contributed by atoms with van der Waals surface area (Å²) in [5.74, 6) is 4.26. The molecule has 0 aliphatic carbocycles. The molecule has 0 aliphatic rings. The molecule has 1 atom stereocenters. The lowest BCUT2D eigenvalue weighted by atomic mass is 10.2. The van der Waals surface area contributed by atoms with Crippen molar-refractivity contribution < 1.29 is 23.9 Å². The molecule has 0 unspecified atom stereocenters. The SMILES string of the molecule is CCOC(=O)[C@H](C)N(N)C(=O)CNC(=O)OC(C)(C)C. The van der Waals surface area contributed by atoms with Gasteiger partial charge in [-0.2, -0.15) is 0 Å². The Hall–Kier alpha value is -1.83. The summed E-state index contributed by atoms with van der Waals surface area (Å²) in [6, 6.07) is -0.928. The van der Waals surface area contributed by atoms with Crippen LogP contribution >= 0.6 is 0 Å². The van der Waals surface area contributed by atoms with Crippen molar-refractivity contribution in [2.75, 3.05) is 13.2 Å². The highest BCUT2D eigenvalue weighted by molar-refractivity contribution is 5.86. The number of ether oxygens (including phenoxy) is 2. The van der Waals surface area contributed by atoms with E-state index in [2.05, 4.69) is 5.32 Å². The minimum absolute atomic E-state index is 0.196. The van der Waals surface area contributed by atoms with Crippen molar-refractivity contribution in [3.63, 3.8) is 0 Å².